The van der Waals surface area contributed by atoms with Crippen LogP contribution >= 0.6 is 0 Å². The van der Waals surface area contributed by atoms with Crippen molar-refractivity contribution in [3.8, 4) is 55.6 Å². The first-order valence-electron chi connectivity index (χ1n) is 26.0. The van der Waals surface area contributed by atoms with E-state index in [4.69, 9.17) is 0 Å². The molecule has 2 unspecified atom stereocenters. The minimum Gasteiger partial charge on any atom is -0.311 e. The second kappa shape index (κ2) is 17.0. The number of rotatable bonds is 12. The van der Waals surface area contributed by atoms with E-state index < -0.39 is 0 Å². The van der Waals surface area contributed by atoms with Crippen molar-refractivity contribution in [1.82, 2.24) is 0 Å². The number of aryl methyl sites for hydroxylation is 1. The highest BCUT2D eigenvalue weighted by molar-refractivity contribution is 5.90. The van der Waals surface area contributed by atoms with Gasteiger partial charge in [-0.2, -0.15) is 0 Å². The van der Waals surface area contributed by atoms with Crippen molar-refractivity contribution in [2.45, 2.75) is 38.0 Å². The first-order valence-corrected chi connectivity index (χ1v) is 26.0. The number of nitrogens with zero attached hydrogens (tertiary/aromatic N) is 2. The van der Waals surface area contributed by atoms with Gasteiger partial charge in [-0.15, -0.1) is 0 Å². The van der Waals surface area contributed by atoms with Crippen LogP contribution in [0.25, 0.3) is 55.6 Å². The molecule has 0 N–H and O–H groups in total. The maximum Gasteiger partial charge on any atom is 0.0468 e. The second-order valence-electron chi connectivity index (χ2n) is 21.1. The molecule has 14 rings (SSSR count). The molecule has 1 spiro atoms. The highest BCUT2D eigenvalue weighted by atomic mass is 15.1. The Bertz CT molecular complexity index is 3520. The minimum absolute atomic E-state index is 0.446. The summed E-state index contributed by atoms with van der Waals surface area (Å²) in [5.41, 5.74) is 22.8. The van der Waals surface area contributed by atoms with Crippen LogP contribution in [0.5, 0.6) is 0 Å². The third kappa shape index (κ3) is 6.76. The molecule has 4 fully saturated rings. The summed E-state index contributed by atoms with van der Waals surface area (Å²) in [7, 11) is 0. The fraction of sp³-hybridized carbons (Fsp3) is 0.143. The van der Waals surface area contributed by atoms with Crippen LogP contribution in [-0.2, 0) is 5.41 Å². The summed E-state index contributed by atoms with van der Waals surface area (Å²) in [6.07, 6.45) is 5.79. The fourth-order valence-corrected chi connectivity index (χ4v) is 14.2. The number of hydrogen-bond donors (Lipinski definition) is 0. The van der Waals surface area contributed by atoms with Crippen LogP contribution < -0.4 is 9.80 Å². The smallest absolute Gasteiger partial charge is 0.0468 e. The third-order valence-electron chi connectivity index (χ3n) is 17.6. The van der Waals surface area contributed by atoms with Gasteiger partial charge >= 0.3 is 0 Å². The van der Waals surface area contributed by atoms with Crippen LogP contribution in [-0.4, -0.2) is 0 Å². The molecule has 346 valence electrons. The van der Waals surface area contributed by atoms with Crippen LogP contribution in [0.15, 0.2) is 255 Å². The quantitative estimate of drug-likeness (QED) is 0.120. The fourth-order valence-electron chi connectivity index (χ4n) is 14.2. The van der Waals surface area contributed by atoms with E-state index in [0.717, 1.165) is 46.2 Å². The average Bonchev–Trinajstić information content (AvgIpc) is 3.42. The van der Waals surface area contributed by atoms with Gasteiger partial charge in [0.2, 0.25) is 0 Å². The molecule has 72 heavy (non-hydrogen) atoms. The van der Waals surface area contributed by atoms with E-state index in [0.29, 0.717) is 10.8 Å². The van der Waals surface area contributed by atoms with Gasteiger partial charge in [0, 0.05) is 39.5 Å². The number of benzene rings is 10. The molecule has 2 nitrogen and oxygen atoms in total. The molecule has 10 aromatic rings. The van der Waals surface area contributed by atoms with E-state index in [-0.39, 0.29) is 0 Å². The molecule has 10 aromatic carbocycles. The molecule has 0 radical (unpaired) electrons. The summed E-state index contributed by atoms with van der Waals surface area (Å²) in [6, 6.07) is 94.0. The lowest BCUT2D eigenvalue weighted by Gasteiger charge is -2.91. The molecule has 0 aliphatic heterocycles. The largest absolute Gasteiger partial charge is 0.311 e. The van der Waals surface area contributed by atoms with Crippen LogP contribution in [0.2, 0.25) is 0 Å². The Morgan fingerprint density at radius 1 is 0.306 bits per heavy atom. The Kier molecular flexibility index (Phi) is 10.1. The van der Waals surface area contributed by atoms with Crippen molar-refractivity contribution in [1.29, 1.82) is 0 Å². The Morgan fingerprint density at radius 3 is 1.04 bits per heavy atom. The summed E-state index contributed by atoms with van der Waals surface area (Å²) >= 11 is 0. The molecular formula is C70H56N2. The summed E-state index contributed by atoms with van der Waals surface area (Å²) in [4.78, 5) is 4.82. The zero-order chi connectivity index (χ0) is 47.8. The van der Waals surface area contributed by atoms with Crippen molar-refractivity contribution in [3.63, 3.8) is 0 Å². The average molecular weight is 925 g/mol. The van der Waals surface area contributed by atoms with Gasteiger partial charge in [0.1, 0.15) is 0 Å². The number of hydrogen-bond acceptors (Lipinski definition) is 2. The van der Waals surface area contributed by atoms with Crippen molar-refractivity contribution < 1.29 is 0 Å². The van der Waals surface area contributed by atoms with Crippen molar-refractivity contribution >= 4 is 34.1 Å². The van der Waals surface area contributed by atoms with Crippen LogP contribution in [0.1, 0.15) is 36.8 Å². The standard InChI is InChI=1S/C70H56N2/c1-48-17-19-50(20-18-48)52-23-31-61(32-24-52)71(65-39-29-57(30-40-65)69-46-59-43-58-44-60(47-69)70(58,59)69)62-33-25-53(26-34-62)54-27-37-64(38-28-54)72(63-35-21-51(22-36-63)49-11-5-2-6-12-49)66-41-42-67(55-13-7-3-8-14-55)68(45-66)56-15-9-4-10-16-56/h2-42,45,58-60H,43-44,46-47H2,1H3. The van der Waals surface area contributed by atoms with Gasteiger partial charge in [-0.3, -0.25) is 0 Å². The van der Waals surface area contributed by atoms with Crippen LogP contribution in [0, 0.1) is 30.1 Å². The van der Waals surface area contributed by atoms with E-state index in [9.17, 15) is 0 Å². The summed E-state index contributed by atoms with van der Waals surface area (Å²) in [6.45, 7) is 2.15. The molecule has 2 heteroatoms. The zero-order valence-electron chi connectivity index (χ0n) is 40.7. The van der Waals surface area contributed by atoms with Gasteiger partial charge < -0.3 is 9.80 Å². The highest BCUT2D eigenvalue weighted by Crippen LogP contribution is 2.92. The number of anilines is 6. The Labute approximate surface area is 424 Å². The molecule has 4 aliphatic rings. The van der Waals surface area contributed by atoms with Crippen LogP contribution in [0.3, 0.4) is 0 Å². The van der Waals surface area contributed by atoms with Gasteiger partial charge in [-0.05, 0) is 190 Å². The lowest BCUT2D eigenvalue weighted by Crippen LogP contribution is -2.87. The zero-order valence-corrected chi connectivity index (χ0v) is 40.7. The van der Waals surface area contributed by atoms with E-state index in [1.54, 1.807) is 5.56 Å². The highest BCUT2D eigenvalue weighted by Gasteiger charge is 2.87. The van der Waals surface area contributed by atoms with E-state index in [1.165, 1.54) is 92.6 Å². The molecule has 0 saturated heterocycles. The van der Waals surface area contributed by atoms with Gasteiger partial charge in [-0.25, -0.2) is 0 Å². The molecule has 0 aromatic heterocycles. The maximum atomic E-state index is 2.48. The Hall–Kier alpha value is -8.20. The third-order valence-corrected chi connectivity index (χ3v) is 17.6. The van der Waals surface area contributed by atoms with Crippen LogP contribution in [0.4, 0.5) is 34.1 Å². The van der Waals surface area contributed by atoms with E-state index in [2.05, 4.69) is 272 Å². The van der Waals surface area contributed by atoms with Gasteiger partial charge in [0.15, 0.2) is 0 Å². The predicted octanol–water partition coefficient (Wildman–Crippen LogP) is 19.0. The van der Waals surface area contributed by atoms with E-state index >= 15 is 0 Å². The Morgan fingerprint density at radius 2 is 0.639 bits per heavy atom. The lowest BCUT2D eigenvalue weighted by molar-refractivity contribution is -0.395. The molecule has 4 saturated carbocycles. The monoisotopic (exact) mass is 924 g/mol. The summed E-state index contributed by atoms with van der Waals surface area (Å²) < 4.78 is 0. The first-order chi connectivity index (χ1) is 35.5. The SMILES string of the molecule is Cc1ccc(-c2ccc(N(c3ccc(-c4ccc(N(c5ccc(-c6ccccc6)cc5)c5ccc(-c6ccccc6)c(-c6ccccc6)c5)cc4)cc3)c3ccc(C45CC6CC7CC(C4)C765)cc3)cc2)cc1. The molecular weight excluding hydrogens is 869 g/mol. The van der Waals surface area contributed by atoms with Crippen molar-refractivity contribution in [3.05, 3.63) is 266 Å². The van der Waals surface area contributed by atoms with Crippen molar-refractivity contribution in [2.75, 3.05) is 9.80 Å². The van der Waals surface area contributed by atoms with Gasteiger partial charge in [0.05, 0.1) is 0 Å². The first kappa shape index (κ1) is 42.7. The lowest BCUT2D eigenvalue weighted by atomic mass is 9.12. The molecule has 0 bridgehead atoms. The Balaban J connectivity index is 0.800. The summed E-state index contributed by atoms with van der Waals surface area (Å²) in [5.74, 6) is 2.99. The van der Waals surface area contributed by atoms with E-state index in [1.807, 2.05) is 0 Å². The normalized spacial score (nSPS) is 20.9. The molecule has 0 heterocycles. The molecule has 4 aliphatic carbocycles. The predicted molar refractivity (Wildman–Crippen MR) is 301 cm³/mol. The molecule has 0 amide bonds. The van der Waals surface area contributed by atoms with Gasteiger partial charge in [-0.1, -0.05) is 188 Å². The maximum absolute atomic E-state index is 2.48. The second-order valence-corrected chi connectivity index (χ2v) is 21.1. The van der Waals surface area contributed by atoms with Gasteiger partial charge in [0.25, 0.3) is 0 Å². The topological polar surface area (TPSA) is 6.48 Å². The minimum atomic E-state index is 0.446. The summed E-state index contributed by atoms with van der Waals surface area (Å²) in [5, 5.41) is 0. The van der Waals surface area contributed by atoms with Crippen molar-refractivity contribution in [2.24, 2.45) is 23.2 Å². The molecule has 2 atom stereocenters.